The van der Waals surface area contributed by atoms with Crippen molar-refractivity contribution in [1.82, 2.24) is 4.72 Å². The maximum absolute atomic E-state index is 12.4. The predicted octanol–water partition coefficient (Wildman–Crippen LogP) is 3.98. The van der Waals surface area contributed by atoms with Gasteiger partial charge >= 0.3 is 0 Å². The molecular formula is C19H20ClN3O5S. The number of amides is 1. The molecule has 0 bridgehead atoms. The summed E-state index contributed by atoms with van der Waals surface area (Å²) in [4.78, 5) is 22.5. The molecule has 0 aliphatic rings. The van der Waals surface area contributed by atoms with E-state index in [2.05, 4.69) is 10.0 Å². The molecule has 0 radical (unpaired) electrons. The molecule has 0 aliphatic heterocycles. The van der Waals surface area contributed by atoms with E-state index >= 15 is 0 Å². The smallest absolute Gasteiger partial charge is 0.288 e. The first-order chi connectivity index (χ1) is 13.4. The maximum Gasteiger partial charge on any atom is 0.288 e. The van der Waals surface area contributed by atoms with Crippen LogP contribution in [0.5, 0.6) is 0 Å². The summed E-state index contributed by atoms with van der Waals surface area (Å²) < 4.78 is 27.4. The van der Waals surface area contributed by atoms with Crippen molar-refractivity contribution in [2.24, 2.45) is 0 Å². The molecule has 0 atom stereocenters. The number of anilines is 1. The highest BCUT2D eigenvalue weighted by Crippen LogP contribution is 2.25. The minimum Gasteiger partial charge on any atom is -0.322 e. The van der Waals surface area contributed by atoms with Crippen LogP contribution in [0.1, 0.15) is 26.3 Å². The van der Waals surface area contributed by atoms with Gasteiger partial charge in [0.05, 0.1) is 9.82 Å². The number of hydrogen-bond donors (Lipinski definition) is 2. The van der Waals surface area contributed by atoms with E-state index in [1.165, 1.54) is 48.6 Å². The third-order valence-corrected chi connectivity index (χ3v) is 5.52. The van der Waals surface area contributed by atoms with Gasteiger partial charge in [-0.1, -0.05) is 23.7 Å². The van der Waals surface area contributed by atoms with E-state index < -0.39 is 26.4 Å². The first-order valence-corrected chi connectivity index (χ1v) is 10.3. The number of hydrogen-bond acceptors (Lipinski definition) is 5. The lowest BCUT2D eigenvalue weighted by Gasteiger charge is -2.20. The molecule has 0 aliphatic carbocycles. The Balaban J connectivity index is 2.15. The third kappa shape index (κ3) is 6.67. The molecule has 2 aromatic carbocycles. The van der Waals surface area contributed by atoms with Crippen molar-refractivity contribution in [3.05, 3.63) is 69.2 Å². The minimum atomic E-state index is -3.74. The van der Waals surface area contributed by atoms with Crippen molar-refractivity contribution < 1.29 is 18.1 Å². The number of sulfonamides is 1. The number of halogens is 1. The van der Waals surface area contributed by atoms with Crippen LogP contribution in [0.3, 0.4) is 0 Å². The van der Waals surface area contributed by atoms with Crippen molar-refractivity contribution in [2.45, 2.75) is 31.2 Å². The molecular weight excluding hydrogens is 418 g/mol. The van der Waals surface area contributed by atoms with E-state index in [9.17, 15) is 23.3 Å². The topological polar surface area (TPSA) is 118 Å². The van der Waals surface area contributed by atoms with Gasteiger partial charge in [0, 0.05) is 23.4 Å². The summed E-state index contributed by atoms with van der Waals surface area (Å²) in [6.45, 7) is 5.17. The quantitative estimate of drug-likeness (QED) is 0.402. The van der Waals surface area contributed by atoms with Crippen molar-refractivity contribution in [3.63, 3.8) is 0 Å². The number of carbonyl (C=O) groups excluding carboxylic acids is 1. The lowest BCUT2D eigenvalue weighted by atomic mass is 10.1. The number of nitro benzene ring substituents is 1. The van der Waals surface area contributed by atoms with Gasteiger partial charge in [0.25, 0.3) is 5.69 Å². The summed E-state index contributed by atoms with van der Waals surface area (Å²) in [6.07, 6.45) is 2.57. The number of nitro groups is 1. The minimum absolute atomic E-state index is 0.00140. The van der Waals surface area contributed by atoms with Crippen LogP contribution in [0.15, 0.2) is 53.4 Å². The molecule has 2 rings (SSSR count). The Kier molecular flexibility index (Phi) is 6.78. The first-order valence-electron chi connectivity index (χ1n) is 8.44. The Hall–Kier alpha value is -2.75. The fourth-order valence-corrected chi connectivity index (χ4v) is 3.98. The van der Waals surface area contributed by atoms with Gasteiger partial charge < -0.3 is 5.32 Å². The molecule has 2 aromatic rings. The van der Waals surface area contributed by atoms with E-state index in [1.807, 2.05) is 0 Å². The van der Waals surface area contributed by atoms with Crippen molar-refractivity contribution in [2.75, 3.05) is 5.32 Å². The molecule has 0 spiro atoms. The second-order valence-corrected chi connectivity index (χ2v) is 9.26. The zero-order valence-electron chi connectivity index (χ0n) is 16.0. The zero-order valence-corrected chi connectivity index (χ0v) is 17.5. The lowest BCUT2D eigenvalue weighted by molar-refractivity contribution is -0.384. The van der Waals surface area contributed by atoms with E-state index in [4.69, 9.17) is 11.6 Å². The maximum atomic E-state index is 12.4. The number of nitrogens with zero attached hydrogens (tertiary/aromatic N) is 1. The van der Waals surface area contributed by atoms with Crippen LogP contribution < -0.4 is 10.0 Å². The second-order valence-electron chi connectivity index (χ2n) is 7.17. The molecule has 8 nitrogen and oxygen atoms in total. The molecule has 2 N–H and O–H groups in total. The fraction of sp³-hybridized carbons (Fsp3) is 0.211. The Morgan fingerprint density at radius 1 is 1.17 bits per heavy atom. The largest absolute Gasteiger partial charge is 0.322 e. The van der Waals surface area contributed by atoms with Crippen LogP contribution in [0.4, 0.5) is 11.4 Å². The average molecular weight is 438 g/mol. The van der Waals surface area contributed by atoms with Crippen molar-refractivity contribution in [3.8, 4) is 0 Å². The van der Waals surface area contributed by atoms with E-state index in [0.29, 0.717) is 11.3 Å². The Labute approximate surface area is 173 Å². The summed E-state index contributed by atoms with van der Waals surface area (Å²) in [7, 11) is -3.74. The highest BCUT2D eigenvalue weighted by molar-refractivity contribution is 7.89. The van der Waals surface area contributed by atoms with Crippen LogP contribution in [0.2, 0.25) is 5.02 Å². The summed E-state index contributed by atoms with van der Waals surface area (Å²) in [6, 6.07) is 9.98. The van der Waals surface area contributed by atoms with Crippen molar-refractivity contribution in [1.29, 1.82) is 0 Å². The number of carbonyl (C=O) groups is 1. The molecule has 0 heterocycles. The van der Waals surface area contributed by atoms with Gasteiger partial charge in [-0.25, -0.2) is 13.1 Å². The van der Waals surface area contributed by atoms with Gasteiger partial charge in [-0.3, -0.25) is 14.9 Å². The molecule has 29 heavy (non-hydrogen) atoms. The SMILES string of the molecule is CC(C)(C)NS(=O)(=O)c1cccc(NC(=O)/C=C/c2ccc(Cl)c([N+](=O)[O-])c2)c1. The van der Waals surface area contributed by atoms with Gasteiger partial charge in [-0.05, 0) is 56.7 Å². The molecule has 0 aromatic heterocycles. The molecule has 10 heteroatoms. The van der Waals surface area contributed by atoms with E-state index in [-0.39, 0.29) is 15.6 Å². The van der Waals surface area contributed by atoms with Gasteiger partial charge in [-0.15, -0.1) is 0 Å². The van der Waals surface area contributed by atoms with Crippen LogP contribution in [-0.4, -0.2) is 24.8 Å². The van der Waals surface area contributed by atoms with Gasteiger partial charge in [-0.2, -0.15) is 0 Å². The first kappa shape index (κ1) is 22.5. The van der Waals surface area contributed by atoms with E-state index in [0.717, 1.165) is 0 Å². The standard InChI is InChI=1S/C19H20ClN3O5S/c1-19(2,3)22-29(27,28)15-6-4-5-14(12-15)21-18(24)10-8-13-7-9-16(20)17(11-13)23(25)26/h4-12,22H,1-3H3,(H,21,24)/b10-8+. The summed E-state index contributed by atoms with van der Waals surface area (Å²) in [5, 5.41) is 13.5. The summed E-state index contributed by atoms with van der Waals surface area (Å²) in [5.41, 5.74) is -0.207. The molecule has 1 amide bonds. The lowest BCUT2D eigenvalue weighted by Crippen LogP contribution is -2.40. The monoisotopic (exact) mass is 437 g/mol. The molecule has 0 saturated carbocycles. The number of benzene rings is 2. The Morgan fingerprint density at radius 3 is 2.48 bits per heavy atom. The number of rotatable bonds is 6. The Morgan fingerprint density at radius 2 is 1.86 bits per heavy atom. The second kappa shape index (κ2) is 8.73. The molecule has 154 valence electrons. The molecule has 0 saturated heterocycles. The van der Waals surface area contributed by atoms with E-state index in [1.54, 1.807) is 26.8 Å². The summed E-state index contributed by atoms with van der Waals surface area (Å²) >= 11 is 5.75. The van der Waals surface area contributed by atoms with Crippen LogP contribution in [0, 0.1) is 10.1 Å². The Bertz CT molecular complexity index is 1080. The molecule has 0 fully saturated rings. The van der Waals surface area contributed by atoms with Gasteiger partial charge in [0.2, 0.25) is 15.9 Å². The van der Waals surface area contributed by atoms with Crippen LogP contribution in [0.25, 0.3) is 6.08 Å². The van der Waals surface area contributed by atoms with Crippen LogP contribution in [-0.2, 0) is 14.8 Å². The highest BCUT2D eigenvalue weighted by Gasteiger charge is 2.22. The number of nitrogens with one attached hydrogen (secondary N) is 2. The normalized spacial score (nSPS) is 12.1. The average Bonchev–Trinajstić information content (AvgIpc) is 2.59. The van der Waals surface area contributed by atoms with Gasteiger partial charge in [0.1, 0.15) is 5.02 Å². The van der Waals surface area contributed by atoms with Crippen molar-refractivity contribution >= 4 is 45.0 Å². The highest BCUT2D eigenvalue weighted by atomic mass is 35.5. The summed E-state index contributed by atoms with van der Waals surface area (Å²) in [5.74, 6) is -0.527. The predicted molar refractivity (Wildman–Crippen MR) is 112 cm³/mol. The zero-order chi connectivity index (χ0) is 21.8. The van der Waals surface area contributed by atoms with Crippen LogP contribution >= 0.6 is 11.6 Å². The fourth-order valence-electron chi connectivity index (χ4n) is 2.33. The molecule has 0 unspecified atom stereocenters. The third-order valence-electron chi connectivity index (χ3n) is 3.45. The van der Waals surface area contributed by atoms with Gasteiger partial charge in [0.15, 0.2) is 0 Å².